The molecule has 0 N–H and O–H groups in total. The minimum absolute atomic E-state index is 0.162. The van der Waals surface area contributed by atoms with E-state index in [4.69, 9.17) is 16.8 Å². The van der Waals surface area contributed by atoms with Gasteiger partial charge in [0.15, 0.2) is 0 Å². The molecular formula is C49H32O. The maximum atomic E-state index is 9.63. The van der Waals surface area contributed by atoms with Crippen LogP contribution >= 0.6 is 0 Å². The average molecular weight is 654 g/mol. The van der Waals surface area contributed by atoms with E-state index in [1.54, 1.807) is 18.2 Å². The number of rotatable bonds is 5. The maximum Gasteiger partial charge on any atom is 0.143 e. The van der Waals surface area contributed by atoms with Gasteiger partial charge >= 0.3 is 0 Å². The Kier molecular flexibility index (Phi) is 3.79. The van der Waals surface area contributed by atoms with Crippen molar-refractivity contribution in [2.24, 2.45) is 0 Å². The first-order chi connectivity index (χ1) is 31.9. The minimum atomic E-state index is -0.779. The second-order valence-corrected chi connectivity index (χ2v) is 11.9. The van der Waals surface area contributed by atoms with E-state index in [0.29, 0.717) is 11.0 Å². The SMILES string of the molecule is [2H]c1c([2H])c([2H])c(Cc2c3c([2H])c([2H])c([2H])c([2H])c3c(-c3c([2H])c([2H])c(-c4cccc5c4oc4cccc(-c6cccc7ccccc67)c45)c([2H])c3[2H])c3c([2H])c([2H])c([2H])c([2H])c23)c([2H])c1[2H]. The summed E-state index contributed by atoms with van der Waals surface area (Å²) in [6.45, 7) is 0. The summed E-state index contributed by atoms with van der Waals surface area (Å²) in [7, 11) is 0. The quantitative estimate of drug-likeness (QED) is 0.169. The van der Waals surface area contributed by atoms with Crippen molar-refractivity contribution in [2.75, 3.05) is 0 Å². The van der Waals surface area contributed by atoms with Crippen LogP contribution in [0, 0.1) is 0 Å². The Labute approximate surface area is 314 Å². The van der Waals surface area contributed by atoms with Crippen LogP contribution in [-0.4, -0.2) is 0 Å². The number of para-hydroxylation sites is 1. The Morgan fingerprint density at radius 1 is 0.440 bits per heavy atom. The molecule has 10 rings (SSSR count). The normalized spacial score (nSPS) is 16.4. The Morgan fingerprint density at radius 2 is 1.02 bits per heavy atom. The Bertz CT molecular complexity index is 3730. The van der Waals surface area contributed by atoms with Crippen molar-refractivity contribution in [3.8, 4) is 33.4 Å². The summed E-state index contributed by atoms with van der Waals surface area (Å²) in [5, 5.41) is 1.88. The van der Waals surface area contributed by atoms with Crippen LogP contribution in [0.2, 0.25) is 0 Å². The molecule has 234 valence electrons. The van der Waals surface area contributed by atoms with Gasteiger partial charge in [-0.15, -0.1) is 0 Å². The predicted octanol–water partition coefficient (Wildman–Crippen LogP) is 13.6. The molecule has 0 atom stereocenters. The summed E-state index contributed by atoms with van der Waals surface area (Å²) in [5.74, 6) is 0. The highest BCUT2D eigenvalue weighted by atomic mass is 16.3. The minimum Gasteiger partial charge on any atom is -0.455 e. The standard InChI is InChI=1S/C49H32O/c1-2-13-32(14-3-1)31-45-39-18-6-8-20-41(39)47(42-21-9-7-19-40(42)45)35-29-27-34(28-30-35)37-22-11-25-44-48-43(24-12-26-46(48)50-49(37)44)38-23-10-16-33-15-4-5-17-36(33)38/h1-30H,31H2/i1D,2D,3D,6D,7D,8D,9D,13D,14D,18D,19D,20D,21D,27D,28D,29D,30D. The van der Waals surface area contributed by atoms with Crippen molar-refractivity contribution in [1.29, 1.82) is 0 Å². The molecule has 1 heteroatoms. The third kappa shape index (κ3) is 4.55. The fraction of sp³-hybridized carbons (Fsp3) is 0.0204. The third-order valence-corrected chi connectivity index (χ3v) is 9.13. The number of fused-ring (bicyclic) bond motifs is 6. The molecule has 1 nitrogen and oxygen atoms in total. The monoisotopic (exact) mass is 653 g/mol. The summed E-state index contributed by atoms with van der Waals surface area (Å²) in [6, 6.07) is 12.9. The van der Waals surface area contributed by atoms with Crippen molar-refractivity contribution in [1.82, 2.24) is 0 Å². The molecule has 0 spiro atoms. The molecule has 0 fully saturated rings. The maximum absolute atomic E-state index is 9.63. The third-order valence-electron chi connectivity index (χ3n) is 9.13. The second kappa shape index (κ2) is 11.6. The average Bonchev–Trinajstić information content (AvgIpc) is 3.72. The van der Waals surface area contributed by atoms with Crippen LogP contribution in [0.15, 0.2) is 186 Å². The smallest absolute Gasteiger partial charge is 0.143 e. The lowest BCUT2D eigenvalue weighted by Gasteiger charge is -2.18. The summed E-state index contributed by atoms with van der Waals surface area (Å²) in [5.41, 5.74) is 1.14. The number of hydrogen-bond acceptors (Lipinski definition) is 1. The van der Waals surface area contributed by atoms with Crippen molar-refractivity contribution in [3.05, 3.63) is 193 Å². The van der Waals surface area contributed by atoms with Crippen molar-refractivity contribution < 1.29 is 27.7 Å². The van der Waals surface area contributed by atoms with Crippen molar-refractivity contribution in [3.63, 3.8) is 0 Å². The predicted molar refractivity (Wildman–Crippen MR) is 212 cm³/mol. The van der Waals surface area contributed by atoms with Gasteiger partial charge in [0.2, 0.25) is 0 Å². The molecule has 1 aromatic heterocycles. The molecule has 10 aromatic rings. The number of hydrogen-bond donors (Lipinski definition) is 0. The van der Waals surface area contributed by atoms with Crippen molar-refractivity contribution in [2.45, 2.75) is 6.42 Å². The fourth-order valence-electron chi connectivity index (χ4n) is 6.97. The van der Waals surface area contributed by atoms with Gasteiger partial charge in [0.05, 0.1) is 23.3 Å². The van der Waals surface area contributed by atoms with Gasteiger partial charge in [-0.3, -0.25) is 0 Å². The summed E-state index contributed by atoms with van der Waals surface area (Å²) >= 11 is 0. The van der Waals surface area contributed by atoms with Gasteiger partial charge in [0, 0.05) is 16.3 Å². The van der Waals surface area contributed by atoms with Crippen LogP contribution in [0.4, 0.5) is 0 Å². The van der Waals surface area contributed by atoms with Crippen LogP contribution in [0.25, 0.3) is 87.6 Å². The molecule has 0 radical (unpaired) electrons. The highest BCUT2D eigenvalue weighted by Gasteiger charge is 2.19. The van der Waals surface area contributed by atoms with Gasteiger partial charge in [-0.05, 0) is 83.7 Å². The molecule has 1 heterocycles. The highest BCUT2D eigenvalue weighted by Crippen LogP contribution is 2.44. The molecule has 0 saturated carbocycles. The molecule has 0 aliphatic heterocycles. The summed E-state index contributed by atoms with van der Waals surface area (Å²) < 4.78 is 159. The fourth-order valence-corrected chi connectivity index (χ4v) is 6.97. The zero-order valence-electron chi connectivity index (χ0n) is 43.1. The van der Waals surface area contributed by atoms with Crippen LogP contribution < -0.4 is 0 Å². The van der Waals surface area contributed by atoms with Gasteiger partial charge in [-0.25, -0.2) is 0 Å². The number of furan rings is 1. The van der Waals surface area contributed by atoms with Crippen LogP contribution in [0.3, 0.4) is 0 Å². The van der Waals surface area contributed by atoms with Gasteiger partial charge in [0.1, 0.15) is 11.2 Å². The van der Waals surface area contributed by atoms with E-state index in [1.165, 1.54) is 0 Å². The molecule has 0 bridgehead atoms. The Hall–Kier alpha value is -6.44. The summed E-state index contributed by atoms with van der Waals surface area (Å²) in [4.78, 5) is 0. The molecule has 0 amide bonds. The van der Waals surface area contributed by atoms with E-state index in [9.17, 15) is 11.0 Å². The van der Waals surface area contributed by atoms with Gasteiger partial charge in [-0.1, -0.05) is 176 Å². The summed E-state index contributed by atoms with van der Waals surface area (Å²) in [6.07, 6.45) is -0.662. The number of benzene rings is 9. The van der Waals surface area contributed by atoms with E-state index in [0.717, 1.165) is 27.3 Å². The molecule has 50 heavy (non-hydrogen) atoms. The lowest BCUT2D eigenvalue weighted by atomic mass is 9.86. The van der Waals surface area contributed by atoms with Crippen LogP contribution in [-0.2, 0) is 6.42 Å². The largest absolute Gasteiger partial charge is 0.455 e. The van der Waals surface area contributed by atoms with E-state index < -0.39 is 131 Å². The van der Waals surface area contributed by atoms with Crippen molar-refractivity contribution >= 4 is 54.3 Å². The Morgan fingerprint density at radius 3 is 1.80 bits per heavy atom. The van der Waals surface area contributed by atoms with Gasteiger partial charge < -0.3 is 4.42 Å². The van der Waals surface area contributed by atoms with E-state index in [1.807, 2.05) is 60.7 Å². The zero-order chi connectivity index (χ0) is 47.8. The van der Waals surface area contributed by atoms with Crippen LogP contribution in [0.1, 0.15) is 34.4 Å². The van der Waals surface area contributed by atoms with E-state index in [-0.39, 0.29) is 38.6 Å². The van der Waals surface area contributed by atoms with Gasteiger partial charge in [-0.2, -0.15) is 0 Å². The highest BCUT2D eigenvalue weighted by molar-refractivity contribution is 6.18. The molecular weight excluding hydrogens is 605 g/mol. The molecule has 0 saturated heterocycles. The molecule has 0 aliphatic carbocycles. The molecule has 0 unspecified atom stereocenters. The lowest BCUT2D eigenvalue weighted by molar-refractivity contribution is 0.670. The van der Waals surface area contributed by atoms with E-state index >= 15 is 0 Å². The first kappa shape index (κ1) is 16.3. The molecule has 0 aliphatic rings. The zero-order valence-corrected chi connectivity index (χ0v) is 26.1. The van der Waals surface area contributed by atoms with E-state index in [2.05, 4.69) is 0 Å². The van der Waals surface area contributed by atoms with Gasteiger partial charge in [0.25, 0.3) is 0 Å². The first-order valence-electron chi connectivity index (χ1n) is 24.4. The topological polar surface area (TPSA) is 13.1 Å². The molecule has 9 aromatic carbocycles. The second-order valence-electron chi connectivity index (χ2n) is 11.9. The van der Waals surface area contributed by atoms with Crippen LogP contribution in [0.5, 0.6) is 0 Å². The first-order valence-corrected chi connectivity index (χ1v) is 15.9. The lowest BCUT2D eigenvalue weighted by Crippen LogP contribution is -1.95. The Balaban J connectivity index is 1.31.